The van der Waals surface area contributed by atoms with E-state index in [4.69, 9.17) is 11.6 Å². The Bertz CT molecular complexity index is 1800. The van der Waals surface area contributed by atoms with Gasteiger partial charge in [-0.15, -0.1) is 0 Å². The average Bonchev–Trinajstić information content (AvgIpc) is 3.73. The van der Waals surface area contributed by atoms with Crippen LogP contribution in [0.2, 0.25) is 5.02 Å². The van der Waals surface area contributed by atoms with Crippen molar-refractivity contribution in [1.29, 1.82) is 0 Å². The number of halogens is 1. The number of hydrogen-bond acceptors (Lipinski definition) is 5. The third-order valence-corrected chi connectivity index (χ3v) is 10.7. The Labute approximate surface area is 244 Å². The summed E-state index contributed by atoms with van der Waals surface area (Å²) in [4.78, 5) is 18.3. The normalized spacial score (nSPS) is 23.8. The molecule has 1 aliphatic carbocycles. The number of carbonyl (C=O) groups is 1. The van der Waals surface area contributed by atoms with Crippen molar-refractivity contribution < 1.29 is 18.3 Å². The largest absolute Gasteiger partial charge is 0.372 e. The van der Waals surface area contributed by atoms with E-state index in [9.17, 15) is 18.3 Å². The molecule has 0 aromatic heterocycles. The monoisotopic (exact) mass is 587 g/mol. The number of nitrogens with zero attached hydrogens (tertiary/aromatic N) is 2. The number of sulfonamides is 1. The fourth-order valence-electron chi connectivity index (χ4n) is 6.57. The zero-order chi connectivity index (χ0) is 28.5. The molecule has 9 heteroatoms. The molecule has 2 heterocycles. The molecular formula is C32H30ClN3O4S. The number of aliphatic hydroxyl groups is 1. The highest BCUT2D eigenvalue weighted by atomic mass is 35.5. The number of anilines is 3. The molecule has 2 N–H and O–H groups in total. The van der Waals surface area contributed by atoms with E-state index in [0.29, 0.717) is 22.0 Å². The van der Waals surface area contributed by atoms with Crippen molar-refractivity contribution in [3.05, 3.63) is 95.0 Å². The van der Waals surface area contributed by atoms with Gasteiger partial charge >= 0.3 is 0 Å². The van der Waals surface area contributed by atoms with Crippen molar-refractivity contribution in [2.75, 3.05) is 29.9 Å². The molecule has 3 aliphatic rings. The lowest BCUT2D eigenvalue weighted by Crippen LogP contribution is -2.39. The van der Waals surface area contributed by atoms with E-state index in [1.807, 2.05) is 18.2 Å². The highest BCUT2D eigenvalue weighted by Gasteiger charge is 2.52. The van der Waals surface area contributed by atoms with Gasteiger partial charge in [-0.2, -0.15) is 0 Å². The van der Waals surface area contributed by atoms with Crippen LogP contribution in [0.3, 0.4) is 0 Å². The number of amides is 1. The van der Waals surface area contributed by atoms with Crippen molar-refractivity contribution in [2.24, 2.45) is 11.8 Å². The molecule has 1 saturated heterocycles. The molecule has 41 heavy (non-hydrogen) atoms. The SMILES string of the molecule is CNS(=O)(=O)c1ccc(C2(O)C(=O)N(c3cccc4cc(N5CCC6CC6CC5)ccc34)c3ccc(Cl)cc32)cc1. The van der Waals surface area contributed by atoms with E-state index in [-0.39, 0.29) is 10.5 Å². The molecule has 0 spiro atoms. The fourth-order valence-corrected chi connectivity index (χ4v) is 7.47. The highest BCUT2D eigenvalue weighted by Crippen LogP contribution is 2.50. The molecule has 2 aliphatic heterocycles. The summed E-state index contributed by atoms with van der Waals surface area (Å²) in [5.41, 5.74) is 0.907. The summed E-state index contributed by atoms with van der Waals surface area (Å²) in [6.07, 6.45) is 3.87. The van der Waals surface area contributed by atoms with E-state index in [2.05, 4.69) is 27.8 Å². The summed E-state index contributed by atoms with van der Waals surface area (Å²) in [5.74, 6) is 1.23. The Morgan fingerprint density at radius 1 is 0.927 bits per heavy atom. The summed E-state index contributed by atoms with van der Waals surface area (Å²) < 4.78 is 26.8. The summed E-state index contributed by atoms with van der Waals surface area (Å²) in [7, 11) is -2.35. The minimum Gasteiger partial charge on any atom is -0.372 e. The Morgan fingerprint density at radius 3 is 2.37 bits per heavy atom. The predicted octanol–water partition coefficient (Wildman–Crippen LogP) is 5.55. The zero-order valence-corrected chi connectivity index (χ0v) is 24.1. The molecule has 1 saturated carbocycles. The Kier molecular flexibility index (Phi) is 6.17. The van der Waals surface area contributed by atoms with Crippen molar-refractivity contribution in [3.8, 4) is 0 Å². The lowest BCUT2D eigenvalue weighted by atomic mass is 9.87. The summed E-state index contributed by atoms with van der Waals surface area (Å²) >= 11 is 6.36. The second kappa shape index (κ2) is 9.56. The van der Waals surface area contributed by atoms with Gasteiger partial charge < -0.3 is 10.0 Å². The van der Waals surface area contributed by atoms with Crippen LogP contribution in [0.1, 0.15) is 30.4 Å². The molecule has 7 rings (SSSR count). The lowest BCUT2D eigenvalue weighted by Gasteiger charge is -2.26. The Hall–Kier alpha value is -3.43. The minimum absolute atomic E-state index is 0.0345. The number of benzene rings is 4. The van der Waals surface area contributed by atoms with Gasteiger partial charge in [-0.1, -0.05) is 41.9 Å². The van der Waals surface area contributed by atoms with Crippen LogP contribution in [-0.2, 0) is 20.4 Å². The third kappa shape index (κ3) is 4.24. The first-order valence-corrected chi connectivity index (χ1v) is 15.8. The standard InChI is InChI=1S/C32H30ClN3O4S/c1-34-41(39,40)26-9-5-23(6-10-26)32(38)28-19-24(33)7-12-30(28)36(31(32)37)29-4-2-3-22-18-25(8-11-27(22)29)35-15-13-20-17-21(20)14-16-35/h2-12,18-21,34,38H,13-17H2,1H3. The van der Waals surface area contributed by atoms with E-state index >= 15 is 0 Å². The second-order valence-corrected chi connectivity index (χ2v) is 13.6. The second-order valence-electron chi connectivity index (χ2n) is 11.2. The Morgan fingerprint density at radius 2 is 1.66 bits per heavy atom. The smallest absolute Gasteiger partial charge is 0.273 e. The number of nitrogens with one attached hydrogen (secondary N) is 1. The van der Waals surface area contributed by atoms with Crippen LogP contribution >= 0.6 is 11.6 Å². The van der Waals surface area contributed by atoms with E-state index in [1.54, 1.807) is 23.1 Å². The van der Waals surface area contributed by atoms with Crippen molar-refractivity contribution in [2.45, 2.75) is 29.8 Å². The molecule has 3 unspecified atom stereocenters. The summed E-state index contributed by atoms with van der Waals surface area (Å²) in [6, 6.07) is 23.0. The van der Waals surface area contributed by atoms with Crippen LogP contribution in [-0.4, -0.2) is 39.6 Å². The molecule has 2 fully saturated rings. The molecule has 4 aromatic rings. The molecule has 0 bridgehead atoms. The molecule has 1 amide bonds. The Balaban J connectivity index is 1.31. The van der Waals surface area contributed by atoms with Gasteiger partial charge in [-0.25, -0.2) is 13.1 Å². The van der Waals surface area contributed by atoms with Crippen LogP contribution in [0.4, 0.5) is 17.1 Å². The highest BCUT2D eigenvalue weighted by molar-refractivity contribution is 7.89. The molecular weight excluding hydrogens is 558 g/mol. The molecule has 0 radical (unpaired) electrons. The maximum absolute atomic E-state index is 14.3. The maximum Gasteiger partial charge on any atom is 0.273 e. The molecule has 4 aromatic carbocycles. The van der Waals surface area contributed by atoms with Crippen molar-refractivity contribution >= 4 is 55.4 Å². The van der Waals surface area contributed by atoms with Crippen LogP contribution < -0.4 is 14.5 Å². The number of carbonyl (C=O) groups excluding carboxylic acids is 1. The summed E-state index contributed by atoms with van der Waals surface area (Å²) in [6.45, 7) is 2.12. The first-order chi connectivity index (χ1) is 19.7. The van der Waals surface area contributed by atoms with E-state index < -0.39 is 21.5 Å². The van der Waals surface area contributed by atoms with E-state index in [1.165, 1.54) is 56.3 Å². The van der Waals surface area contributed by atoms with Crippen LogP contribution in [0, 0.1) is 11.8 Å². The average molecular weight is 588 g/mol. The zero-order valence-electron chi connectivity index (χ0n) is 22.5. The van der Waals surface area contributed by atoms with Crippen molar-refractivity contribution in [3.63, 3.8) is 0 Å². The minimum atomic E-state index is -3.68. The maximum atomic E-state index is 14.3. The molecule has 3 atom stereocenters. The van der Waals surface area contributed by atoms with Gasteiger partial charge in [0.15, 0.2) is 5.60 Å². The third-order valence-electron chi connectivity index (χ3n) is 9.01. The number of rotatable bonds is 5. The van der Waals surface area contributed by atoms with Gasteiger partial charge in [-0.05, 0) is 97.6 Å². The first kappa shape index (κ1) is 26.5. The van der Waals surface area contributed by atoms with Gasteiger partial charge in [0.25, 0.3) is 5.91 Å². The fraction of sp³-hybridized carbons (Fsp3) is 0.281. The van der Waals surface area contributed by atoms with Gasteiger partial charge in [0.05, 0.1) is 16.3 Å². The van der Waals surface area contributed by atoms with Crippen LogP contribution in [0.15, 0.2) is 83.8 Å². The van der Waals surface area contributed by atoms with Gasteiger partial charge in [0.2, 0.25) is 10.0 Å². The van der Waals surface area contributed by atoms with Crippen molar-refractivity contribution in [1.82, 2.24) is 4.72 Å². The van der Waals surface area contributed by atoms with Crippen LogP contribution in [0.5, 0.6) is 0 Å². The summed E-state index contributed by atoms with van der Waals surface area (Å²) in [5, 5.41) is 14.4. The van der Waals surface area contributed by atoms with E-state index in [0.717, 1.165) is 35.7 Å². The topological polar surface area (TPSA) is 89.9 Å². The molecule has 210 valence electrons. The molecule has 7 nitrogen and oxygen atoms in total. The number of hydrogen-bond donors (Lipinski definition) is 2. The quantitative estimate of drug-likeness (QED) is 0.319. The van der Waals surface area contributed by atoms with Gasteiger partial charge in [0, 0.05) is 34.7 Å². The van der Waals surface area contributed by atoms with Gasteiger partial charge in [0.1, 0.15) is 0 Å². The predicted molar refractivity (Wildman–Crippen MR) is 161 cm³/mol. The first-order valence-electron chi connectivity index (χ1n) is 13.9. The van der Waals surface area contributed by atoms with Crippen LogP contribution in [0.25, 0.3) is 10.8 Å². The number of fused-ring (bicyclic) bond motifs is 3. The van der Waals surface area contributed by atoms with Gasteiger partial charge in [-0.3, -0.25) is 9.69 Å². The lowest BCUT2D eigenvalue weighted by molar-refractivity contribution is -0.131.